The van der Waals surface area contributed by atoms with Gasteiger partial charge in [0.15, 0.2) is 11.6 Å². The fourth-order valence-corrected chi connectivity index (χ4v) is 6.04. The van der Waals surface area contributed by atoms with E-state index in [1.807, 2.05) is 52.0 Å². The molecule has 0 aromatic heterocycles. The van der Waals surface area contributed by atoms with E-state index in [0.29, 0.717) is 41.7 Å². The first kappa shape index (κ1) is 29.5. The molecule has 40 heavy (non-hydrogen) atoms. The quantitative estimate of drug-likeness (QED) is 0.276. The largest absolute Gasteiger partial charge is 0.497 e. The van der Waals surface area contributed by atoms with Crippen molar-refractivity contribution in [2.45, 2.75) is 71.5 Å². The van der Waals surface area contributed by atoms with Gasteiger partial charge < -0.3 is 19.3 Å². The van der Waals surface area contributed by atoms with Crippen LogP contribution in [0.5, 0.6) is 11.5 Å². The highest BCUT2D eigenvalue weighted by Crippen LogP contribution is 2.47. The molecule has 0 saturated carbocycles. The summed E-state index contributed by atoms with van der Waals surface area (Å²) in [7, 11) is 3.16. The van der Waals surface area contributed by atoms with E-state index in [0.717, 1.165) is 16.7 Å². The highest BCUT2D eigenvalue weighted by atomic mass is 19.1. The molecule has 214 valence electrons. The number of halogens is 2. The maximum absolute atomic E-state index is 15.8. The molecule has 5 nitrogen and oxygen atoms in total. The summed E-state index contributed by atoms with van der Waals surface area (Å²) in [5, 5.41) is 9.51. The van der Waals surface area contributed by atoms with E-state index in [1.54, 1.807) is 25.3 Å². The molecular formula is C33H38F2O5. The van der Waals surface area contributed by atoms with Crippen LogP contribution < -0.4 is 9.47 Å². The first-order valence-corrected chi connectivity index (χ1v) is 13.6. The fourth-order valence-electron chi connectivity index (χ4n) is 6.04. The lowest BCUT2D eigenvalue weighted by Gasteiger charge is -2.32. The van der Waals surface area contributed by atoms with Crippen LogP contribution in [0.3, 0.4) is 0 Å². The number of aryl methyl sites for hydroxylation is 1. The molecule has 3 aromatic carbocycles. The van der Waals surface area contributed by atoms with Crippen molar-refractivity contribution in [2.75, 3.05) is 14.2 Å². The van der Waals surface area contributed by atoms with Gasteiger partial charge in [-0.1, -0.05) is 45.9 Å². The Balaban J connectivity index is 1.71. The van der Waals surface area contributed by atoms with E-state index >= 15 is 8.78 Å². The van der Waals surface area contributed by atoms with Crippen LogP contribution in [0.2, 0.25) is 0 Å². The van der Waals surface area contributed by atoms with E-state index in [9.17, 15) is 9.90 Å². The standard InChI is InChI=1S/C33H38F2O5/c1-7-33(18-28(36)37)15-14-21-9-13-27(30(35)29(21)33)40-19-20-8-11-23(24-17-22(38-5)10-12-26(24)34)25(16-20)31(39-6)32(2,3)4/h8-13,16-17,31H,7,14-15,18-19H2,1-6H3,(H,36,37). The van der Waals surface area contributed by atoms with Crippen LogP contribution in [0.25, 0.3) is 11.1 Å². The number of fused-ring (bicyclic) bond motifs is 1. The van der Waals surface area contributed by atoms with Gasteiger partial charge >= 0.3 is 5.97 Å². The van der Waals surface area contributed by atoms with Gasteiger partial charge in [-0.15, -0.1) is 0 Å². The Hall–Kier alpha value is -3.45. The Morgan fingerprint density at radius 3 is 2.42 bits per heavy atom. The van der Waals surface area contributed by atoms with Crippen molar-refractivity contribution in [3.63, 3.8) is 0 Å². The molecule has 0 amide bonds. The predicted octanol–water partition coefficient (Wildman–Crippen LogP) is 8.02. The lowest BCUT2D eigenvalue weighted by atomic mass is 9.76. The van der Waals surface area contributed by atoms with Gasteiger partial charge in [0.25, 0.3) is 0 Å². The average molecular weight is 553 g/mol. The molecule has 2 unspecified atom stereocenters. The molecule has 0 radical (unpaired) electrons. The molecule has 0 heterocycles. The highest BCUT2D eigenvalue weighted by molar-refractivity contribution is 5.71. The zero-order valence-electron chi connectivity index (χ0n) is 24.1. The van der Waals surface area contributed by atoms with Gasteiger partial charge in [0.1, 0.15) is 18.2 Å². The second-order valence-corrected chi connectivity index (χ2v) is 11.7. The van der Waals surface area contributed by atoms with E-state index < -0.39 is 17.2 Å². The third-order valence-electron chi connectivity index (χ3n) is 8.04. The number of hydrogen-bond acceptors (Lipinski definition) is 4. The van der Waals surface area contributed by atoms with Crippen LogP contribution in [-0.2, 0) is 28.0 Å². The minimum atomic E-state index is -0.938. The zero-order chi connectivity index (χ0) is 29.2. The van der Waals surface area contributed by atoms with Crippen molar-refractivity contribution in [3.05, 3.63) is 82.4 Å². The highest BCUT2D eigenvalue weighted by Gasteiger charge is 2.42. The van der Waals surface area contributed by atoms with Crippen molar-refractivity contribution in [1.82, 2.24) is 0 Å². The van der Waals surface area contributed by atoms with Crippen LogP contribution in [0, 0.1) is 17.0 Å². The molecule has 0 aliphatic heterocycles. The van der Waals surface area contributed by atoms with Crippen LogP contribution >= 0.6 is 0 Å². The second kappa shape index (κ2) is 11.6. The molecule has 4 rings (SSSR count). The zero-order valence-corrected chi connectivity index (χ0v) is 24.1. The van der Waals surface area contributed by atoms with Crippen molar-refractivity contribution in [2.24, 2.45) is 5.41 Å². The van der Waals surface area contributed by atoms with Gasteiger partial charge in [0.2, 0.25) is 0 Å². The molecule has 2 atom stereocenters. The van der Waals surface area contributed by atoms with Gasteiger partial charge in [0.05, 0.1) is 19.6 Å². The van der Waals surface area contributed by atoms with Crippen molar-refractivity contribution in [1.29, 1.82) is 0 Å². The maximum Gasteiger partial charge on any atom is 0.304 e. The summed E-state index contributed by atoms with van der Waals surface area (Å²) >= 11 is 0. The molecule has 0 fully saturated rings. The van der Waals surface area contributed by atoms with Gasteiger partial charge in [-0.2, -0.15) is 0 Å². The predicted molar refractivity (Wildman–Crippen MR) is 151 cm³/mol. The summed E-state index contributed by atoms with van der Waals surface area (Å²) in [4.78, 5) is 11.6. The number of carboxylic acid groups (broad SMARTS) is 1. The number of benzene rings is 3. The van der Waals surface area contributed by atoms with Crippen molar-refractivity contribution >= 4 is 5.97 Å². The number of hydrogen-bond donors (Lipinski definition) is 1. The normalized spacial score (nSPS) is 17.4. The number of carboxylic acids is 1. The van der Waals surface area contributed by atoms with Crippen molar-refractivity contribution < 1.29 is 32.9 Å². The molecule has 0 spiro atoms. The number of ether oxygens (including phenoxy) is 3. The third-order valence-corrected chi connectivity index (χ3v) is 8.04. The van der Waals surface area contributed by atoms with Crippen LogP contribution in [0.15, 0.2) is 48.5 Å². The van der Waals surface area contributed by atoms with E-state index in [1.165, 1.54) is 13.2 Å². The number of aliphatic carboxylic acids is 1. The Bertz CT molecular complexity index is 1390. The topological polar surface area (TPSA) is 65.0 Å². The average Bonchev–Trinajstić information content (AvgIpc) is 3.27. The molecule has 1 aliphatic rings. The summed E-state index contributed by atoms with van der Waals surface area (Å²) < 4.78 is 48.1. The summed E-state index contributed by atoms with van der Waals surface area (Å²) in [5.74, 6) is -1.18. The molecule has 1 N–H and O–H groups in total. The van der Waals surface area contributed by atoms with Crippen LogP contribution in [0.4, 0.5) is 8.78 Å². The van der Waals surface area contributed by atoms with E-state index in [2.05, 4.69) is 0 Å². The summed E-state index contributed by atoms with van der Waals surface area (Å²) in [6.45, 7) is 8.12. The first-order chi connectivity index (χ1) is 18.9. The van der Waals surface area contributed by atoms with E-state index in [-0.39, 0.29) is 36.1 Å². The maximum atomic E-state index is 15.8. The summed E-state index contributed by atoms with van der Waals surface area (Å²) in [6.07, 6.45) is 1.29. The SMILES string of the molecule is CCC1(CC(=O)O)CCc2ccc(OCc3ccc(-c4cc(OC)ccc4F)c(C(OC)C(C)(C)C)c3)c(F)c21. The lowest BCUT2D eigenvalue weighted by Crippen LogP contribution is -2.27. The number of rotatable bonds is 10. The second-order valence-electron chi connectivity index (χ2n) is 11.7. The Kier molecular flexibility index (Phi) is 8.55. The van der Waals surface area contributed by atoms with Crippen LogP contribution in [0.1, 0.15) is 75.3 Å². The third kappa shape index (κ3) is 5.71. The minimum Gasteiger partial charge on any atom is -0.497 e. The van der Waals surface area contributed by atoms with Crippen molar-refractivity contribution in [3.8, 4) is 22.6 Å². The first-order valence-electron chi connectivity index (χ1n) is 13.6. The molecule has 0 saturated heterocycles. The lowest BCUT2D eigenvalue weighted by molar-refractivity contribution is -0.138. The number of carbonyl (C=O) groups is 1. The smallest absolute Gasteiger partial charge is 0.304 e. The van der Waals surface area contributed by atoms with Gasteiger partial charge in [-0.05, 0) is 77.3 Å². The Morgan fingerprint density at radius 1 is 1.05 bits per heavy atom. The summed E-state index contributed by atoms with van der Waals surface area (Å²) in [5.41, 5.74) is 2.87. The Morgan fingerprint density at radius 2 is 1.80 bits per heavy atom. The monoisotopic (exact) mass is 552 g/mol. The van der Waals surface area contributed by atoms with Gasteiger partial charge in [-0.3, -0.25) is 4.79 Å². The van der Waals surface area contributed by atoms with Gasteiger partial charge in [0, 0.05) is 23.7 Å². The molecule has 0 bridgehead atoms. The fraction of sp³-hybridized carbons (Fsp3) is 0.424. The molecule has 3 aromatic rings. The Labute approximate surface area is 235 Å². The summed E-state index contributed by atoms with van der Waals surface area (Å²) in [6, 6.07) is 13.7. The van der Waals surface area contributed by atoms with E-state index in [4.69, 9.17) is 14.2 Å². The molecule has 7 heteroatoms. The molecule has 1 aliphatic carbocycles. The van der Waals surface area contributed by atoms with Crippen LogP contribution in [-0.4, -0.2) is 25.3 Å². The van der Waals surface area contributed by atoms with Gasteiger partial charge in [-0.25, -0.2) is 8.78 Å². The molecular weight excluding hydrogens is 514 g/mol. The minimum absolute atomic E-state index is 0.0716. The number of methoxy groups -OCH3 is 2.